The number of β-amino-alcohol motifs (C(OH)–C–C–N with tert-alkyl or cyclic N) is 1. The second-order valence-corrected chi connectivity index (χ2v) is 4.65. The normalized spacial score (nSPS) is 26.6. The molecule has 0 spiro atoms. The van der Waals surface area contributed by atoms with Gasteiger partial charge >= 0.3 is 0 Å². The smallest absolute Gasteiger partial charge is 0.104 e. The lowest BCUT2D eigenvalue weighted by molar-refractivity contribution is 0.0118. The number of benzene rings is 1. The van der Waals surface area contributed by atoms with Crippen LogP contribution in [0.2, 0.25) is 5.02 Å². The molecule has 1 aromatic carbocycles. The average molecular weight is 226 g/mol. The summed E-state index contributed by atoms with van der Waals surface area (Å²) in [5.41, 5.74) is 1.16. The largest absolute Gasteiger partial charge is 0.384 e. The molecule has 0 amide bonds. The fourth-order valence-electron chi connectivity index (χ4n) is 2.32. The van der Waals surface area contributed by atoms with E-state index in [1.54, 1.807) is 0 Å². The van der Waals surface area contributed by atoms with E-state index in [-0.39, 0.29) is 0 Å². The van der Waals surface area contributed by atoms with Gasteiger partial charge in [0.25, 0.3) is 0 Å². The monoisotopic (exact) mass is 225 g/mol. The van der Waals surface area contributed by atoms with Crippen molar-refractivity contribution in [2.24, 2.45) is 0 Å². The van der Waals surface area contributed by atoms with Gasteiger partial charge in [-0.2, -0.15) is 0 Å². The quantitative estimate of drug-likeness (QED) is 0.768. The third kappa shape index (κ3) is 2.03. The summed E-state index contributed by atoms with van der Waals surface area (Å²) in [4.78, 5) is 0. The summed E-state index contributed by atoms with van der Waals surface area (Å²) in [5, 5.41) is 14.4. The van der Waals surface area contributed by atoms with Crippen LogP contribution in [0.1, 0.15) is 24.0 Å². The molecule has 2 N–H and O–H groups in total. The van der Waals surface area contributed by atoms with E-state index >= 15 is 0 Å². The molecule has 1 saturated heterocycles. The van der Waals surface area contributed by atoms with E-state index in [4.69, 9.17) is 11.6 Å². The van der Waals surface area contributed by atoms with Crippen molar-refractivity contribution in [2.75, 3.05) is 13.1 Å². The van der Waals surface area contributed by atoms with Crippen LogP contribution in [0.5, 0.6) is 0 Å². The van der Waals surface area contributed by atoms with Crippen molar-refractivity contribution >= 4 is 11.6 Å². The lowest BCUT2D eigenvalue weighted by atomic mass is 9.84. The van der Waals surface area contributed by atoms with Gasteiger partial charge < -0.3 is 10.4 Å². The van der Waals surface area contributed by atoms with E-state index in [0.717, 1.165) is 30.5 Å². The highest BCUT2D eigenvalue weighted by Crippen LogP contribution is 2.35. The maximum atomic E-state index is 10.6. The zero-order chi connectivity index (χ0) is 10.9. The molecule has 2 nitrogen and oxygen atoms in total. The molecule has 2 rings (SSSR count). The van der Waals surface area contributed by atoms with Gasteiger partial charge in [-0.15, -0.1) is 0 Å². The molecule has 1 fully saturated rings. The zero-order valence-electron chi connectivity index (χ0n) is 8.89. The minimum Gasteiger partial charge on any atom is -0.384 e. The molecule has 0 bridgehead atoms. The summed E-state index contributed by atoms with van der Waals surface area (Å²) in [7, 11) is 0. The molecule has 0 aromatic heterocycles. The molecule has 0 radical (unpaired) electrons. The fraction of sp³-hybridized carbons (Fsp3) is 0.500. The van der Waals surface area contributed by atoms with Crippen LogP contribution in [0.25, 0.3) is 0 Å². The molecule has 82 valence electrons. The van der Waals surface area contributed by atoms with Gasteiger partial charge in [0.2, 0.25) is 0 Å². The van der Waals surface area contributed by atoms with Gasteiger partial charge in [0.15, 0.2) is 0 Å². The number of aryl methyl sites for hydroxylation is 1. The molecule has 1 aliphatic rings. The highest BCUT2D eigenvalue weighted by atomic mass is 35.5. The molecule has 1 heterocycles. The summed E-state index contributed by atoms with van der Waals surface area (Å²) >= 11 is 6.16. The van der Waals surface area contributed by atoms with Crippen molar-refractivity contribution in [3.63, 3.8) is 0 Å². The fourth-order valence-corrected chi connectivity index (χ4v) is 2.72. The third-order valence-electron chi connectivity index (χ3n) is 3.05. The summed E-state index contributed by atoms with van der Waals surface area (Å²) < 4.78 is 0. The van der Waals surface area contributed by atoms with Crippen molar-refractivity contribution in [3.8, 4) is 0 Å². The zero-order valence-corrected chi connectivity index (χ0v) is 9.64. The van der Waals surface area contributed by atoms with Gasteiger partial charge in [-0.1, -0.05) is 23.7 Å². The van der Waals surface area contributed by atoms with Crippen LogP contribution >= 0.6 is 11.6 Å². The number of aliphatic hydroxyl groups is 1. The molecule has 15 heavy (non-hydrogen) atoms. The Morgan fingerprint density at radius 1 is 1.47 bits per heavy atom. The standard InChI is InChI=1S/C12H16ClNO/c1-9-4-2-5-10(13)11(9)12(15)6-3-7-14-8-12/h2,4-5,14-15H,3,6-8H2,1H3. The van der Waals surface area contributed by atoms with E-state index in [2.05, 4.69) is 5.32 Å². The van der Waals surface area contributed by atoms with Gasteiger partial charge in [-0.05, 0) is 37.9 Å². The van der Waals surface area contributed by atoms with Crippen molar-refractivity contribution in [3.05, 3.63) is 34.3 Å². The number of hydrogen-bond acceptors (Lipinski definition) is 2. The second-order valence-electron chi connectivity index (χ2n) is 4.24. The van der Waals surface area contributed by atoms with Crippen molar-refractivity contribution in [1.82, 2.24) is 5.32 Å². The molecular weight excluding hydrogens is 210 g/mol. The minimum atomic E-state index is -0.791. The molecule has 1 aromatic rings. The lowest BCUT2D eigenvalue weighted by Crippen LogP contribution is -2.43. The summed E-state index contributed by atoms with van der Waals surface area (Å²) in [6, 6.07) is 5.75. The first-order valence-corrected chi connectivity index (χ1v) is 5.70. The summed E-state index contributed by atoms with van der Waals surface area (Å²) in [5.74, 6) is 0. The van der Waals surface area contributed by atoms with E-state index < -0.39 is 5.60 Å². The summed E-state index contributed by atoms with van der Waals surface area (Å²) in [6.07, 6.45) is 1.77. The van der Waals surface area contributed by atoms with E-state index in [9.17, 15) is 5.11 Å². The van der Waals surface area contributed by atoms with Crippen LogP contribution in [-0.2, 0) is 5.60 Å². The van der Waals surface area contributed by atoms with Gasteiger partial charge in [0.05, 0.1) is 0 Å². The first-order chi connectivity index (χ1) is 7.13. The Balaban J connectivity index is 2.42. The molecule has 1 atom stereocenters. The van der Waals surface area contributed by atoms with E-state index in [0.29, 0.717) is 11.6 Å². The van der Waals surface area contributed by atoms with Crippen molar-refractivity contribution < 1.29 is 5.11 Å². The highest BCUT2D eigenvalue weighted by Gasteiger charge is 2.34. The highest BCUT2D eigenvalue weighted by molar-refractivity contribution is 6.31. The number of hydrogen-bond donors (Lipinski definition) is 2. The Morgan fingerprint density at radius 3 is 2.87 bits per heavy atom. The molecule has 0 aliphatic carbocycles. The first kappa shape index (κ1) is 10.9. The number of piperidine rings is 1. The third-order valence-corrected chi connectivity index (χ3v) is 3.36. The molecule has 1 aliphatic heterocycles. The lowest BCUT2D eigenvalue weighted by Gasteiger charge is -2.34. The van der Waals surface area contributed by atoms with Crippen LogP contribution in [0.15, 0.2) is 18.2 Å². The maximum Gasteiger partial charge on any atom is 0.104 e. The van der Waals surface area contributed by atoms with Crippen LogP contribution in [-0.4, -0.2) is 18.2 Å². The average Bonchev–Trinajstić information content (AvgIpc) is 2.18. The maximum absolute atomic E-state index is 10.6. The predicted molar refractivity (Wildman–Crippen MR) is 62.2 cm³/mol. The molecular formula is C12H16ClNO. The van der Waals surface area contributed by atoms with Crippen LogP contribution in [0, 0.1) is 6.92 Å². The van der Waals surface area contributed by atoms with Gasteiger partial charge in [0, 0.05) is 17.1 Å². The van der Waals surface area contributed by atoms with Gasteiger partial charge in [0.1, 0.15) is 5.60 Å². The van der Waals surface area contributed by atoms with E-state index in [1.807, 2.05) is 25.1 Å². The minimum absolute atomic E-state index is 0.595. The Labute approximate surface area is 95.3 Å². The molecule has 1 unspecified atom stereocenters. The molecule has 0 saturated carbocycles. The van der Waals surface area contributed by atoms with Crippen molar-refractivity contribution in [1.29, 1.82) is 0 Å². The topological polar surface area (TPSA) is 32.3 Å². The predicted octanol–water partition coefficient (Wildman–Crippen LogP) is 2.22. The SMILES string of the molecule is Cc1cccc(Cl)c1C1(O)CCCNC1. The van der Waals surface area contributed by atoms with Crippen LogP contribution < -0.4 is 5.32 Å². The Kier molecular flexibility index (Phi) is 3.01. The number of nitrogens with one attached hydrogen (secondary N) is 1. The Hall–Kier alpha value is -0.570. The second kappa shape index (κ2) is 4.12. The number of halogens is 1. The Bertz CT molecular complexity index is 338. The van der Waals surface area contributed by atoms with Gasteiger partial charge in [-0.3, -0.25) is 0 Å². The molecule has 3 heteroatoms. The number of rotatable bonds is 1. The van der Waals surface area contributed by atoms with Crippen LogP contribution in [0.3, 0.4) is 0 Å². The van der Waals surface area contributed by atoms with E-state index in [1.165, 1.54) is 0 Å². The van der Waals surface area contributed by atoms with Crippen LogP contribution in [0.4, 0.5) is 0 Å². The van der Waals surface area contributed by atoms with Gasteiger partial charge in [-0.25, -0.2) is 0 Å². The summed E-state index contributed by atoms with van der Waals surface area (Å²) in [6.45, 7) is 3.57. The van der Waals surface area contributed by atoms with Crippen molar-refractivity contribution in [2.45, 2.75) is 25.4 Å². The Morgan fingerprint density at radius 2 is 2.27 bits per heavy atom. The first-order valence-electron chi connectivity index (χ1n) is 5.32.